The molecule has 0 radical (unpaired) electrons. The van der Waals surface area contributed by atoms with Gasteiger partial charge < -0.3 is 10.2 Å². The molecule has 0 aromatic heterocycles. The third kappa shape index (κ3) is 6.86. The van der Waals surface area contributed by atoms with Gasteiger partial charge in [0.05, 0.1) is 6.42 Å². The van der Waals surface area contributed by atoms with E-state index in [0.29, 0.717) is 11.4 Å². The molecule has 0 unspecified atom stereocenters. The summed E-state index contributed by atoms with van der Waals surface area (Å²) in [7, 11) is 0. The van der Waals surface area contributed by atoms with Crippen LogP contribution >= 0.6 is 23.2 Å². The number of halogens is 3. The lowest BCUT2D eigenvalue weighted by atomic mass is 10.0. The third-order valence-corrected chi connectivity index (χ3v) is 7.23. The van der Waals surface area contributed by atoms with Gasteiger partial charge in [-0.15, -0.1) is 0 Å². The fourth-order valence-corrected chi connectivity index (χ4v) is 5.02. The van der Waals surface area contributed by atoms with Gasteiger partial charge in [-0.2, -0.15) is 0 Å². The minimum absolute atomic E-state index is 0.101. The number of nitrogens with zero attached hydrogens (tertiary/aromatic N) is 1. The molecule has 1 N–H and O–H groups in total. The van der Waals surface area contributed by atoms with Crippen LogP contribution in [0, 0.1) is 5.82 Å². The zero-order valence-electron chi connectivity index (χ0n) is 19.9. The van der Waals surface area contributed by atoms with E-state index in [9.17, 15) is 14.0 Å². The van der Waals surface area contributed by atoms with Gasteiger partial charge in [0.25, 0.3) is 0 Å². The highest BCUT2D eigenvalue weighted by atomic mass is 35.5. The number of amides is 2. The predicted molar refractivity (Wildman–Crippen MR) is 141 cm³/mol. The van der Waals surface area contributed by atoms with E-state index in [0.717, 1.165) is 36.8 Å². The van der Waals surface area contributed by atoms with E-state index in [-0.39, 0.29) is 41.4 Å². The zero-order chi connectivity index (χ0) is 25.5. The standard InChI is InChI=1S/C29H29Cl2FN2O2/c30-22-15-13-21(14-16-22)19-34(28(35)18-24-25(31)11-6-12-26(24)32)27(17-20-7-2-1-3-8-20)29(36)33-23-9-4-5-10-23/h1-3,6-8,11-16,23,27H,4-5,9-10,17-19H2,(H,33,36)/t27-/m1/s1. The van der Waals surface area contributed by atoms with Crippen LogP contribution in [0.25, 0.3) is 0 Å². The maximum absolute atomic E-state index is 14.6. The maximum atomic E-state index is 14.6. The topological polar surface area (TPSA) is 49.4 Å². The molecule has 36 heavy (non-hydrogen) atoms. The fraction of sp³-hybridized carbons (Fsp3) is 0.310. The Morgan fingerprint density at radius 2 is 1.61 bits per heavy atom. The zero-order valence-corrected chi connectivity index (χ0v) is 21.4. The maximum Gasteiger partial charge on any atom is 0.243 e. The number of benzene rings is 3. The highest BCUT2D eigenvalue weighted by Crippen LogP contribution is 2.24. The number of carbonyl (C=O) groups excluding carboxylic acids is 2. The normalized spacial score (nSPS) is 14.4. The third-order valence-electron chi connectivity index (χ3n) is 6.63. The van der Waals surface area contributed by atoms with E-state index in [1.54, 1.807) is 23.1 Å². The average molecular weight is 527 g/mol. The summed E-state index contributed by atoms with van der Waals surface area (Å²) in [6.45, 7) is 0.178. The van der Waals surface area contributed by atoms with Crippen molar-refractivity contribution in [2.45, 2.75) is 57.2 Å². The molecular weight excluding hydrogens is 498 g/mol. The van der Waals surface area contributed by atoms with E-state index < -0.39 is 11.9 Å². The van der Waals surface area contributed by atoms with E-state index in [1.165, 1.54) is 12.1 Å². The van der Waals surface area contributed by atoms with Gasteiger partial charge in [-0.1, -0.05) is 84.6 Å². The fourth-order valence-electron chi connectivity index (χ4n) is 4.66. The number of hydrogen-bond donors (Lipinski definition) is 1. The van der Waals surface area contributed by atoms with Crippen molar-refractivity contribution in [2.24, 2.45) is 0 Å². The molecule has 1 atom stereocenters. The molecule has 1 fully saturated rings. The number of carbonyl (C=O) groups is 2. The highest BCUT2D eigenvalue weighted by molar-refractivity contribution is 6.31. The first kappa shape index (κ1) is 26.2. The van der Waals surface area contributed by atoms with E-state index >= 15 is 0 Å². The van der Waals surface area contributed by atoms with Crippen LogP contribution in [0.4, 0.5) is 4.39 Å². The van der Waals surface area contributed by atoms with Gasteiger partial charge in [0.1, 0.15) is 11.9 Å². The SMILES string of the molecule is O=C(NC1CCCC1)[C@@H](Cc1ccccc1)N(Cc1ccc(Cl)cc1)C(=O)Cc1c(F)cccc1Cl. The molecule has 3 aromatic rings. The summed E-state index contributed by atoms with van der Waals surface area (Å²) >= 11 is 12.3. The van der Waals surface area contributed by atoms with Crippen LogP contribution in [0.15, 0.2) is 72.8 Å². The van der Waals surface area contributed by atoms with Crippen LogP contribution in [-0.2, 0) is 29.0 Å². The second-order valence-corrected chi connectivity index (χ2v) is 10.1. The van der Waals surface area contributed by atoms with Gasteiger partial charge in [-0.25, -0.2) is 4.39 Å². The van der Waals surface area contributed by atoms with E-state index in [1.807, 2.05) is 42.5 Å². The molecule has 2 amide bonds. The minimum atomic E-state index is -0.776. The van der Waals surface area contributed by atoms with Crippen molar-refractivity contribution in [3.63, 3.8) is 0 Å². The molecule has 0 bridgehead atoms. The van der Waals surface area contributed by atoms with Crippen molar-refractivity contribution in [1.82, 2.24) is 10.2 Å². The summed E-state index contributed by atoms with van der Waals surface area (Å²) in [5.41, 5.74) is 1.88. The molecule has 0 spiro atoms. The largest absolute Gasteiger partial charge is 0.352 e. The Kier molecular flexibility index (Phi) is 9.00. The molecule has 188 valence electrons. The Balaban J connectivity index is 1.68. The van der Waals surface area contributed by atoms with Gasteiger partial charge in [-0.3, -0.25) is 9.59 Å². The van der Waals surface area contributed by atoms with Crippen LogP contribution < -0.4 is 5.32 Å². The van der Waals surface area contributed by atoms with Crippen LogP contribution in [-0.4, -0.2) is 28.8 Å². The molecule has 1 aliphatic rings. The average Bonchev–Trinajstić information content (AvgIpc) is 3.38. The Hall–Kier alpha value is -2.89. The van der Waals surface area contributed by atoms with E-state index in [4.69, 9.17) is 23.2 Å². The first-order valence-electron chi connectivity index (χ1n) is 12.2. The quantitative estimate of drug-likeness (QED) is 0.352. The van der Waals surface area contributed by atoms with Crippen molar-refractivity contribution >= 4 is 35.0 Å². The summed E-state index contributed by atoms with van der Waals surface area (Å²) in [5.74, 6) is -1.12. The first-order valence-corrected chi connectivity index (χ1v) is 13.0. The predicted octanol–water partition coefficient (Wildman–Crippen LogP) is 6.37. The Bertz CT molecular complexity index is 1160. The molecule has 4 rings (SSSR count). The van der Waals surface area contributed by atoms with Gasteiger partial charge in [0, 0.05) is 34.6 Å². The van der Waals surface area contributed by atoms with Gasteiger partial charge in [-0.05, 0) is 48.2 Å². The molecule has 7 heteroatoms. The van der Waals surface area contributed by atoms with Crippen LogP contribution in [0.1, 0.15) is 42.4 Å². The monoisotopic (exact) mass is 526 g/mol. The molecule has 0 saturated heterocycles. The summed E-state index contributed by atoms with van der Waals surface area (Å²) in [5, 5.41) is 3.93. The summed E-state index contributed by atoms with van der Waals surface area (Å²) in [6, 6.07) is 20.4. The van der Waals surface area contributed by atoms with Gasteiger partial charge in [0.2, 0.25) is 11.8 Å². The van der Waals surface area contributed by atoms with Crippen LogP contribution in [0.2, 0.25) is 10.0 Å². The van der Waals surface area contributed by atoms with Gasteiger partial charge >= 0.3 is 0 Å². The van der Waals surface area contributed by atoms with Gasteiger partial charge in [0.15, 0.2) is 0 Å². The molecule has 0 heterocycles. The Morgan fingerprint density at radius 3 is 2.28 bits per heavy atom. The molecule has 0 aliphatic heterocycles. The van der Waals surface area contributed by atoms with Crippen LogP contribution in [0.5, 0.6) is 0 Å². The van der Waals surface area contributed by atoms with Crippen molar-refractivity contribution in [3.05, 3.63) is 105 Å². The van der Waals surface area contributed by atoms with Crippen molar-refractivity contribution < 1.29 is 14.0 Å². The van der Waals surface area contributed by atoms with Crippen molar-refractivity contribution in [2.75, 3.05) is 0 Å². The molecule has 1 saturated carbocycles. The molecule has 3 aromatic carbocycles. The molecule has 1 aliphatic carbocycles. The Morgan fingerprint density at radius 1 is 0.917 bits per heavy atom. The highest BCUT2D eigenvalue weighted by Gasteiger charge is 2.32. The summed E-state index contributed by atoms with van der Waals surface area (Å²) in [6.07, 6.45) is 4.10. The summed E-state index contributed by atoms with van der Waals surface area (Å²) in [4.78, 5) is 29.0. The van der Waals surface area contributed by atoms with Crippen molar-refractivity contribution in [3.8, 4) is 0 Å². The van der Waals surface area contributed by atoms with E-state index in [2.05, 4.69) is 5.32 Å². The number of nitrogens with one attached hydrogen (secondary N) is 1. The lowest BCUT2D eigenvalue weighted by molar-refractivity contribution is -0.141. The lowest BCUT2D eigenvalue weighted by Gasteiger charge is -2.32. The summed E-state index contributed by atoms with van der Waals surface area (Å²) < 4.78 is 14.6. The second-order valence-electron chi connectivity index (χ2n) is 9.22. The first-order chi connectivity index (χ1) is 17.4. The molecular formula is C29H29Cl2FN2O2. The van der Waals surface area contributed by atoms with Crippen molar-refractivity contribution in [1.29, 1.82) is 0 Å². The number of hydrogen-bond acceptors (Lipinski definition) is 2. The smallest absolute Gasteiger partial charge is 0.243 e. The second kappa shape index (κ2) is 12.4. The van der Waals surface area contributed by atoms with Crippen LogP contribution in [0.3, 0.4) is 0 Å². The molecule has 4 nitrogen and oxygen atoms in total. The lowest BCUT2D eigenvalue weighted by Crippen LogP contribution is -2.52. The minimum Gasteiger partial charge on any atom is -0.352 e. The number of rotatable bonds is 9. The Labute approximate surface area is 221 Å².